The molecule has 4 rings (SSSR count). The summed E-state index contributed by atoms with van der Waals surface area (Å²) >= 11 is 0. The summed E-state index contributed by atoms with van der Waals surface area (Å²) < 4.78 is 17.1. The molecular formula is C25H28N2O5. The number of hydrogen-bond acceptors (Lipinski definition) is 6. The largest absolute Gasteiger partial charge is 0.497 e. The van der Waals surface area contributed by atoms with Gasteiger partial charge < -0.3 is 23.7 Å². The summed E-state index contributed by atoms with van der Waals surface area (Å²) in [6.45, 7) is 3.21. The van der Waals surface area contributed by atoms with E-state index in [0.717, 1.165) is 18.5 Å². The van der Waals surface area contributed by atoms with E-state index in [1.165, 1.54) is 0 Å². The van der Waals surface area contributed by atoms with E-state index in [9.17, 15) is 9.59 Å². The maximum absolute atomic E-state index is 13.7. The van der Waals surface area contributed by atoms with Crippen molar-refractivity contribution in [2.75, 3.05) is 41.4 Å². The molecule has 1 aliphatic heterocycles. The minimum absolute atomic E-state index is 0.103. The zero-order chi connectivity index (χ0) is 23.0. The molecule has 0 fully saturated rings. The first-order chi connectivity index (χ1) is 15.3. The Labute approximate surface area is 187 Å². The van der Waals surface area contributed by atoms with Crippen LogP contribution in [0.1, 0.15) is 39.7 Å². The monoisotopic (exact) mass is 436 g/mol. The fourth-order valence-electron chi connectivity index (χ4n) is 4.30. The van der Waals surface area contributed by atoms with Crippen LogP contribution in [0.3, 0.4) is 0 Å². The smallest absolute Gasteiger partial charge is 0.290 e. The summed E-state index contributed by atoms with van der Waals surface area (Å²) in [6, 6.07) is 10.2. The number of carbonyl (C=O) groups is 1. The molecule has 7 heteroatoms. The maximum Gasteiger partial charge on any atom is 0.290 e. The maximum atomic E-state index is 13.7. The third-order valence-corrected chi connectivity index (χ3v) is 5.86. The summed E-state index contributed by atoms with van der Waals surface area (Å²) in [5.74, 6) is 1.02. The molecule has 1 amide bonds. The van der Waals surface area contributed by atoms with Gasteiger partial charge in [0.1, 0.15) is 17.1 Å². The molecule has 2 heterocycles. The normalized spacial score (nSPS) is 15.5. The first kappa shape index (κ1) is 21.9. The van der Waals surface area contributed by atoms with Gasteiger partial charge in [-0.25, -0.2) is 0 Å². The topological polar surface area (TPSA) is 72.2 Å². The van der Waals surface area contributed by atoms with E-state index in [2.05, 4.69) is 4.90 Å². The fourth-order valence-corrected chi connectivity index (χ4v) is 4.30. The van der Waals surface area contributed by atoms with Crippen molar-refractivity contribution in [2.24, 2.45) is 0 Å². The molecule has 1 atom stereocenters. The van der Waals surface area contributed by atoms with E-state index >= 15 is 0 Å². The standard InChI is InChI=1S/C25H28N2O5/c1-15-7-9-20-18(13-15)23(28)21-22(17-14-16(30-4)8-10-19(17)31-5)27(12-6-11-26(2)3)25(29)24(21)32-20/h7-10,13-14,22H,6,11-12H2,1-5H3/t22-/m1/s1. The number of amides is 1. The lowest BCUT2D eigenvalue weighted by Gasteiger charge is -2.27. The number of benzene rings is 2. The number of nitrogens with zero attached hydrogens (tertiary/aromatic N) is 2. The molecule has 0 unspecified atom stereocenters. The molecule has 32 heavy (non-hydrogen) atoms. The van der Waals surface area contributed by atoms with Crippen LogP contribution in [0.2, 0.25) is 0 Å². The van der Waals surface area contributed by atoms with Crippen molar-refractivity contribution in [3.05, 3.63) is 69.1 Å². The number of methoxy groups -OCH3 is 2. The van der Waals surface area contributed by atoms with Crippen LogP contribution in [-0.2, 0) is 0 Å². The number of fused-ring (bicyclic) bond motifs is 2. The van der Waals surface area contributed by atoms with E-state index in [1.54, 1.807) is 43.4 Å². The Kier molecular flexibility index (Phi) is 5.93. The Morgan fingerprint density at radius 2 is 1.84 bits per heavy atom. The van der Waals surface area contributed by atoms with Crippen molar-refractivity contribution in [1.29, 1.82) is 0 Å². The van der Waals surface area contributed by atoms with Crippen LogP contribution in [0.4, 0.5) is 0 Å². The van der Waals surface area contributed by atoms with Gasteiger partial charge in [-0.15, -0.1) is 0 Å². The van der Waals surface area contributed by atoms with Crippen molar-refractivity contribution in [2.45, 2.75) is 19.4 Å². The van der Waals surface area contributed by atoms with Gasteiger partial charge in [0.05, 0.1) is 31.2 Å². The molecular weight excluding hydrogens is 408 g/mol. The lowest BCUT2D eigenvalue weighted by atomic mass is 9.97. The summed E-state index contributed by atoms with van der Waals surface area (Å²) in [5.41, 5.74) is 2.22. The summed E-state index contributed by atoms with van der Waals surface area (Å²) in [6.07, 6.45) is 0.752. The third kappa shape index (κ3) is 3.73. The number of ether oxygens (including phenoxy) is 2. The van der Waals surface area contributed by atoms with Gasteiger partial charge in [-0.3, -0.25) is 9.59 Å². The van der Waals surface area contributed by atoms with Crippen LogP contribution in [0.15, 0.2) is 45.6 Å². The molecule has 2 aromatic carbocycles. The Morgan fingerprint density at radius 1 is 1.06 bits per heavy atom. The van der Waals surface area contributed by atoms with Gasteiger partial charge in [-0.2, -0.15) is 0 Å². The van der Waals surface area contributed by atoms with Gasteiger partial charge in [0.25, 0.3) is 5.91 Å². The first-order valence-electron chi connectivity index (χ1n) is 10.6. The van der Waals surface area contributed by atoms with Gasteiger partial charge in [-0.05, 0) is 64.3 Å². The van der Waals surface area contributed by atoms with Crippen molar-refractivity contribution in [1.82, 2.24) is 9.80 Å². The van der Waals surface area contributed by atoms with E-state index in [-0.39, 0.29) is 17.1 Å². The summed E-state index contributed by atoms with van der Waals surface area (Å²) in [5, 5.41) is 0.471. The van der Waals surface area contributed by atoms with Gasteiger partial charge in [0.2, 0.25) is 5.76 Å². The number of carbonyl (C=O) groups excluding carboxylic acids is 1. The number of aryl methyl sites for hydroxylation is 1. The van der Waals surface area contributed by atoms with Crippen LogP contribution in [-0.4, -0.2) is 57.1 Å². The fraction of sp³-hybridized carbons (Fsp3) is 0.360. The van der Waals surface area contributed by atoms with E-state index in [0.29, 0.717) is 40.1 Å². The lowest BCUT2D eigenvalue weighted by Crippen LogP contribution is -2.32. The lowest BCUT2D eigenvalue weighted by molar-refractivity contribution is 0.0720. The zero-order valence-corrected chi connectivity index (χ0v) is 19.1. The number of hydrogen-bond donors (Lipinski definition) is 0. The minimum Gasteiger partial charge on any atom is -0.497 e. The highest BCUT2D eigenvalue weighted by Gasteiger charge is 2.43. The number of rotatable bonds is 7. The molecule has 0 saturated carbocycles. The Hall–Kier alpha value is -3.32. The second kappa shape index (κ2) is 8.67. The Morgan fingerprint density at radius 3 is 2.53 bits per heavy atom. The summed E-state index contributed by atoms with van der Waals surface area (Å²) in [4.78, 5) is 30.9. The highest BCUT2D eigenvalue weighted by molar-refractivity contribution is 5.99. The Bertz CT molecular complexity index is 1230. The van der Waals surface area contributed by atoms with E-state index in [4.69, 9.17) is 13.9 Å². The second-order valence-electron chi connectivity index (χ2n) is 8.34. The van der Waals surface area contributed by atoms with E-state index < -0.39 is 6.04 Å². The zero-order valence-electron chi connectivity index (χ0n) is 19.1. The van der Waals surface area contributed by atoms with Crippen LogP contribution in [0, 0.1) is 6.92 Å². The molecule has 0 aliphatic carbocycles. The van der Waals surface area contributed by atoms with Crippen LogP contribution in [0.25, 0.3) is 11.0 Å². The molecule has 0 spiro atoms. The molecule has 0 bridgehead atoms. The highest BCUT2D eigenvalue weighted by atomic mass is 16.5. The molecule has 168 valence electrons. The average Bonchev–Trinajstić information content (AvgIpc) is 3.05. The predicted octanol–water partition coefficient (Wildman–Crippen LogP) is 3.62. The van der Waals surface area contributed by atoms with Crippen molar-refractivity contribution >= 4 is 16.9 Å². The summed E-state index contributed by atoms with van der Waals surface area (Å²) in [7, 11) is 7.14. The van der Waals surface area contributed by atoms with Crippen LogP contribution in [0.5, 0.6) is 11.5 Å². The molecule has 3 aromatic rings. The highest BCUT2D eigenvalue weighted by Crippen LogP contribution is 2.42. The predicted molar refractivity (Wildman–Crippen MR) is 123 cm³/mol. The molecule has 0 saturated heterocycles. The third-order valence-electron chi connectivity index (χ3n) is 5.86. The van der Waals surface area contributed by atoms with Crippen LogP contribution >= 0.6 is 0 Å². The quantitative estimate of drug-likeness (QED) is 0.563. The first-order valence-corrected chi connectivity index (χ1v) is 10.6. The second-order valence-corrected chi connectivity index (χ2v) is 8.34. The molecule has 0 N–H and O–H groups in total. The van der Waals surface area contributed by atoms with Crippen molar-refractivity contribution in [3.63, 3.8) is 0 Å². The minimum atomic E-state index is -0.620. The molecule has 1 aromatic heterocycles. The van der Waals surface area contributed by atoms with Gasteiger partial charge in [0, 0.05) is 12.1 Å². The average molecular weight is 437 g/mol. The Balaban J connectivity index is 1.95. The van der Waals surface area contributed by atoms with Gasteiger partial charge in [0.15, 0.2) is 5.43 Å². The van der Waals surface area contributed by atoms with E-state index in [1.807, 2.05) is 33.2 Å². The van der Waals surface area contributed by atoms with Crippen molar-refractivity contribution < 1.29 is 18.7 Å². The molecule has 0 radical (unpaired) electrons. The van der Waals surface area contributed by atoms with Crippen LogP contribution < -0.4 is 14.9 Å². The van der Waals surface area contributed by atoms with Crippen molar-refractivity contribution in [3.8, 4) is 11.5 Å². The van der Waals surface area contributed by atoms with Gasteiger partial charge >= 0.3 is 0 Å². The van der Waals surface area contributed by atoms with Gasteiger partial charge in [-0.1, -0.05) is 11.6 Å². The SMILES string of the molecule is COc1ccc(OC)c([C@@H]2c3c(oc4ccc(C)cc4c3=O)C(=O)N2CCCN(C)C)c1. The molecule has 1 aliphatic rings. The molecule has 7 nitrogen and oxygen atoms in total.